The highest BCUT2D eigenvalue weighted by Gasteiger charge is 2.18. The van der Waals surface area contributed by atoms with Gasteiger partial charge in [-0.15, -0.1) is 0 Å². The number of ether oxygens (including phenoxy) is 3. The van der Waals surface area contributed by atoms with Crippen molar-refractivity contribution in [3.63, 3.8) is 0 Å². The van der Waals surface area contributed by atoms with Crippen LogP contribution >= 0.6 is 0 Å². The Bertz CT molecular complexity index is 1010. The smallest absolute Gasteiger partial charge is 0.231 e. The van der Waals surface area contributed by atoms with Crippen LogP contribution in [0.4, 0.5) is 0 Å². The predicted octanol–water partition coefficient (Wildman–Crippen LogP) is 5.38. The molecule has 0 amide bonds. The molecule has 3 aromatic carbocycles. The number of benzene rings is 3. The molecule has 0 atom stereocenters. The Morgan fingerprint density at radius 3 is 2.30 bits per heavy atom. The summed E-state index contributed by atoms with van der Waals surface area (Å²) in [5.41, 5.74) is 5.99. The fourth-order valence-electron chi connectivity index (χ4n) is 3.72. The SMILES string of the molecule is CC/C(=C(\c1ccccc1)c1ccc(OCCNC)cc1)c1ccc2c(c1)OCO2. The van der Waals surface area contributed by atoms with Gasteiger partial charge in [0.2, 0.25) is 6.79 Å². The van der Waals surface area contributed by atoms with Gasteiger partial charge >= 0.3 is 0 Å². The van der Waals surface area contributed by atoms with Crippen LogP contribution in [0.1, 0.15) is 30.0 Å². The third-order valence-corrected chi connectivity index (χ3v) is 5.20. The molecule has 1 aliphatic heterocycles. The Hall–Kier alpha value is -3.24. The van der Waals surface area contributed by atoms with E-state index in [1.165, 1.54) is 16.7 Å². The van der Waals surface area contributed by atoms with Crippen molar-refractivity contribution in [3.05, 3.63) is 89.5 Å². The summed E-state index contributed by atoms with van der Waals surface area (Å²) in [6.45, 7) is 3.94. The molecular formula is C26H27NO3. The summed E-state index contributed by atoms with van der Waals surface area (Å²) in [5.74, 6) is 2.49. The number of fused-ring (bicyclic) bond motifs is 1. The number of hydrogen-bond acceptors (Lipinski definition) is 4. The predicted molar refractivity (Wildman–Crippen MR) is 121 cm³/mol. The zero-order valence-electron chi connectivity index (χ0n) is 17.5. The monoisotopic (exact) mass is 401 g/mol. The van der Waals surface area contributed by atoms with Crippen molar-refractivity contribution in [1.82, 2.24) is 5.32 Å². The number of rotatable bonds is 8. The van der Waals surface area contributed by atoms with E-state index in [0.29, 0.717) is 6.61 Å². The first-order chi connectivity index (χ1) is 14.8. The summed E-state index contributed by atoms with van der Waals surface area (Å²) in [6, 6.07) is 25.1. The second-order valence-corrected chi connectivity index (χ2v) is 7.12. The van der Waals surface area contributed by atoms with Gasteiger partial charge in [-0.1, -0.05) is 55.5 Å². The number of hydrogen-bond donors (Lipinski definition) is 1. The molecule has 4 nitrogen and oxygen atoms in total. The third kappa shape index (κ3) is 4.34. The second-order valence-electron chi connectivity index (χ2n) is 7.12. The van der Waals surface area contributed by atoms with Crippen LogP contribution in [0, 0.1) is 0 Å². The van der Waals surface area contributed by atoms with E-state index in [-0.39, 0.29) is 6.79 Å². The Balaban J connectivity index is 1.77. The Morgan fingerprint density at radius 2 is 1.57 bits per heavy atom. The quantitative estimate of drug-likeness (QED) is 0.406. The van der Waals surface area contributed by atoms with Crippen LogP contribution in [0.15, 0.2) is 72.8 Å². The van der Waals surface area contributed by atoms with E-state index >= 15 is 0 Å². The van der Waals surface area contributed by atoms with Gasteiger partial charge in [-0.25, -0.2) is 0 Å². The summed E-state index contributed by atoms with van der Waals surface area (Å²) in [6.07, 6.45) is 0.893. The van der Waals surface area contributed by atoms with E-state index in [9.17, 15) is 0 Å². The molecule has 0 saturated carbocycles. The molecule has 0 saturated heterocycles. The highest BCUT2D eigenvalue weighted by Crippen LogP contribution is 2.39. The van der Waals surface area contributed by atoms with E-state index in [0.717, 1.165) is 41.3 Å². The van der Waals surface area contributed by atoms with Crippen LogP contribution in [-0.4, -0.2) is 27.0 Å². The lowest BCUT2D eigenvalue weighted by atomic mass is 9.88. The maximum Gasteiger partial charge on any atom is 0.231 e. The second kappa shape index (κ2) is 9.51. The van der Waals surface area contributed by atoms with Crippen molar-refractivity contribution in [2.75, 3.05) is 27.0 Å². The zero-order valence-corrected chi connectivity index (χ0v) is 17.5. The molecule has 1 N–H and O–H groups in total. The molecular weight excluding hydrogens is 374 g/mol. The first kappa shape index (κ1) is 20.0. The minimum atomic E-state index is 0.282. The topological polar surface area (TPSA) is 39.7 Å². The lowest BCUT2D eigenvalue weighted by molar-refractivity contribution is 0.174. The van der Waals surface area contributed by atoms with E-state index in [1.54, 1.807) is 0 Å². The summed E-state index contributed by atoms with van der Waals surface area (Å²) < 4.78 is 16.9. The van der Waals surface area contributed by atoms with E-state index in [2.05, 4.69) is 60.8 Å². The average Bonchev–Trinajstić information content (AvgIpc) is 3.27. The van der Waals surface area contributed by atoms with Crippen molar-refractivity contribution in [2.45, 2.75) is 13.3 Å². The molecule has 0 aliphatic carbocycles. The molecule has 1 heterocycles. The standard InChI is InChI=1S/C26H27NO3/c1-3-23(21-11-14-24-25(17-21)30-18-29-24)26(19-7-5-4-6-8-19)20-9-12-22(13-10-20)28-16-15-27-2/h4-14,17,27H,3,15-16,18H2,1-2H3/b26-23-. The first-order valence-corrected chi connectivity index (χ1v) is 10.4. The van der Waals surface area contributed by atoms with Gasteiger partial charge in [0.05, 0.1) is 0 Å². The first-order valence-electron chi connectivity index (χ1n) is 10.4. The molecule has 30 heavy (non-hydrogen) atoms. The zero-order chi connectivity index (χ0) is 20.8. The number of nitrogens with one attached hydrogen (secondary N) is 1. The average molecular weight is 402 g/mol. The maximum atomic E-state index is 5.80. The molecule has 4 rings (SSSR count). The van der Waals surface area contributed by atoms with Crippen LogP contribution in [0.2, 0.25) is 0 Å². The molecule has 0 aromatic heterocycles. The Morgan fingerprint density at radius 1 is 0.867 bits per heavy atom. The highest BCUT2D eigenvalue weighted by atomic mass is 16.7. The minimum Gasteiger partial charge on any atom is -0.492 e. The van der Waals surface area contributed by atoms with Gasteiger partial charge in [0.15, 0.2) is 11.5 Å². The lowest BCUT2D eigenvalue weighted by Crippen LogP contribution is -2.15. The molecule has 0 spiro atoms. The summed E-state index contributed by atoms with van der Waals surface area (Å²) in [5, 5.41) is 3.10. The van der Waals surface area contributed by atoms with Gasteiger partial charge in [0, 0.05) is 6.54 Å². The van der Waals surface area contributed by atoms with E-state index in [4.69, 9.17) is 14.2 Å². The third-order valence-electron chi connectivity index (χ3n) is 5.20. The van der Waals surface area contributed by atoms with Crippen molar-refractivity contribution in [3.8, 4) is 17.2 Å². The summed E-state index contributed by atoms with van der Waals surface area (Å²) in [4.78, 5) is 0. The molecule has 1 aliphatic rings. The molecule has 4 heteroatoms. The van der Waals surface area contributed by atoms with Gasteiger partial charge in [0.25, 0.3) is 0 Å². The van der Waals surface area contributed by atoms with Gasteiger partial charge in [-0.3, -0.25) is 0 Å². The van der Waals surface area contributed by atoms with E-state index < -0.39 is 0 Å². The fraction of sp³-hybridized carbons (Fsp3) is 0.231. The largest absolute Gasteiger partial charge is 0.492 e. The van der Waals surface area contributed by atoms with Gasteiger partial charge < -0.3 is 19.5 Å². The van der Waals surface area contributed by atoms with Gasteiger partial charge in [0.1, 0.15) is 12.4 Å². The van der Waals surface area contributed by atoms with Gasteiger partial charge in [-0.2, -0.15) is 0 Å². The summed E-state index contributed by atoms with van der Waals surface area (Å²) >= 11 is 0. The van der Waals surface area contributed by atoms with Crippen LogP contribution in [0.5, 0.6) is 17.2 Å². The van der Waals surface area contributed by atoms with Crippen molar-refractivity contribution in [2.24, 2.45) is 0 Å². The van der Waals surface area contributed by atoms with Crippen LogP contribution in [-0.2, 0) is 0 Å². The highest BCUT2D eigenvalue weighted by molar-refractivity contribution is 5.98. The molecule has 0 unspecified atom stereocenters. The van der Waals surface area contributed by atoms with E-state index in [1.807, 2.05) is 31.3 Å². The molecule has 0 radical (unpaired) electrons. The van der Waals surface area contributed by atoms with Crippen LogP contribution < -0.4 is 19.5 Å². The minimum absolute atomic E-state index is 0.282. The van der Waals surface area contributed by atoms with Gasteiger partial charge in [-0.05, 0) is 65.6 Å². The number of likely N-dealkylation sites (N-methyl/N-ethyl adjacent to an activating group) is 1. The molecule has 0 fully saturated rings. The molecule has 154 valence electrons. The van der Waals surface area contributed by atoms with Crippen molar-refractivity contribution in [1.29, 1.82) is 0 Å². The van der Waals surface area contributed by atoms with Crippen LogP contribution in [0.3, 0.4) is 0 Å². The molecule has 0 bridgehead atoms. The van der Waals surface area contributed by atoms with Crippen molar-refractivity contribution >= 4 is 11.1 Å². The summed E-state index contributed by atoms with van der Waals surface area (Å²) in [7, 11) is 1.92. The maximum absolute atomic E-state index is 5.80. The Kier molecular flexibility index (Phi) is 6.35. The normalized spacial score (nSPS) is 13.1. The lowest BCUT2D eigenvalue weighted by Gasteiger charge is -2.17. The number of allylic oxidation sites excluding steroid dienone is 1. The molecule has 3 aromatic rings. The Labute approximate surface area is 178 Å². The fourth-order valence-corrected chi connectivity index (χ4v) is 3.72. The van der Waals surface area contributed by atoms with Crippen LogP contribution in [0.25, 0.3) is 11.1 Å². The van der Waals surface area contributed by atoms with Crippen molar-refractivity contribution < 1.29 is 14.2 Å².